The molecule has 1 unspecified atom stereocenters. The first-order valence-corrected chi connectivity index (χ1v) is 9.41. The fraction of sp³-hybridized carbons (Fsp3) is 0.571. The average Bonchev–Trinajstić information content (AvgIpc) is 2.63. The lowest BCUT2D eigenvalue weighted by Gasteiger charge is -2.40. The number of likely N-dealkylation sites (tertiary alicyclic amines) is 1. The number of benzene rings is 1. The fourth-order valence-corrected chi connectivity index (χ4v) is 3.98. The van der Waals surface area contributed by atoms with Crippen LogP contribution in [0.4, 0.5) is 0 Å². The van der Waals surface area contributed by atoms with Crippen molar-refractivity contribution in [3.05, 3.63) is 35.4 Å². The molecule has 134 valence electrons. The molecule has 0 aromatic heterocycles. The largest absolute Gasteiger partial charge is 0.339 e. The van der Waals surface area contributed by atoms with Crippen LogP contribution in [-0.2, 0) is 11.3 Å². The lowest BCUT2D eigenvalue weighted by Crippen LogP contribution is -2.55. The van der Waals surface area contributed by atoms with E-state index in [0.29, 0.717) is 6.54 Å². The van der Waals surface area contributed by atoms with Gasteiger partial charge in [-0.15, -0.1) is 6.42 Å². The van der Waals surface area contributed by atoms with E-state index in [2.05, 4.69) is 46.9 Å². The van der Waals surface area contributed by atoms with E-state index < -0.39 is 0 Å². The van der Waals surface area contributed by atoms with Gasteiger partial charge in [-0.25, -0.2) is 0 Å². The average molecular weight is 339 g/mol. The molecule has 25 heavy (non-hydrogen) atoms. The molecule has 1 aromatic carbocycles. The number of rotatable bonds is 4. The Morgan fingerprint density at radius 3 is 2.72 bits per heavy atom. The van der Waals surface area contributed by atoms with Crippen molar-refractivity contribution in [1.82, 2.24) is 14.7 Å². The molecule has 2 fully saturated rings. The highest BCUT2D eigenvalue weighted by molar-refractivity contribution is 5.82. The number of hydrogen-bond donors (Lipinski definition) is 0. The number of piperazine rings is 1. The van der Waals surface area contributed by atoms with Crippen molar-refractivity contribution < 1.29 is 4.79 Å². The minimum Gasteiger partial charge on any atom is -0.339 e. The minimum absolute atomic E-state index is 0.00637. The van der Waals surface area contributed by atoms with Crippen molar-refractivity contribution in [2.24, 2.45) is 0 Å². The number of carbonyl (C=O) groups is 1. The zero-order chi connectivity index (χ0) is 17.6. The van der Waals surface area contributed by atoms with Crippen LogP contribution in [0, 0.1) is 19.3 Å². The van der Waals surface area contributed by atoms with Gasteiger partial charge in [0.2, 0.25) is 5.91 Å². The Hall–Kier alpha value is -1.83. The van der Waals surface area contributed by atoms with Gasteiger partial charge in [0.15, 0.2) is 0 Å². The van der Waals surface area contributed by atoms with Crippen molar-refractivity contribution in [3.63, 3.8) is 0 Å². The molecule has 3 rings (SSSR count). The quantitative estimate of drug-likeness (QED) is 0.786. The first kappa shape index (κ1) is 18.0. The number of hydrogen-bond acceptors (Lipinski definition) is 3. The maximum absolute atomic E-state index is 12.9. The van der Waals surface area contributed by atoms with E-state index in [0.717, 1.165) is 58.5 Å². The zero-order valence-electron chi connectivity index (χ0n) is 15.3. The van der Waals surface area contributed by atoms with Crippen LogP contribution >= 0.6 is 0 Å². The Bertz CT molecular complexity index is 628. The van der Waals surface area contributed by atoms with Crippen LogP contribution in [0.1, 0.15) is 30.4 Å². The van der Waals surface area contributed by atoms with Crippen LogP contribution in [-0.4, -0.2) is 65.9 Å². The van der Waals surface area contributed by atoms with E-state index >= 15 is 0 Å². The van der Waals surface area contributed by atoms with Gasteiger partial charge in [0.1, 0.15) is 0 Å². The van der Waals surface area contributed by atoms with Gasteiger partial charge in [-0.3, -0.25) is 14.6 Å². The molecule has 1 amide bonds. The molecule has 0 saturated carbocycles. The predicted octanol–water partition coefficient (Wildman–Crippen LogP) is 2.13. The molecule has 0 radical (unpaired) electrons. The first-order chi connectivity index (χ1) is 12.2. The molecule has 0 N–H and O–H groups in total. The standard InChI is InChI=1S/C21H29N3O/c1-3-10-23-11-5-4-9-20(23)21(25)24-14-12-22(13-15-24)17-19-8-6-7-18(2)16-19/h1,6-8,16,20H,4-5,9-15,17H2,2H3. The van der Waals surface area contributed by atoms with Crippen molar-refractivity contribution in [3.8, 4) is 12.3 Å². The Morgan fingerprint density at radius 1 is 1.20 bits per heavy atom. The van der Waals surface area contributed by atoms with Gasteiger partial charge in [0.25, 0.3) is 0 Å². The van der Waals surface area contributed by atoms with Crippen molar-refractivity contribution in [2.75, 3.05) is 39.3 Å². The summed E-state index contributed by atoms with van der Waals surface area (Å²) in [6, 6.07) is 8.68. The summed E-state index contributed by atoms with van der Waals surface area (Å²) in [5.74, 6) is 2.99. The lowest BCUT2D eigenvalue weighted by atomic mass is 10.0. The Labute approximate surface area is 151 Å². The SMILES string of the molecule is C#CCN1CCCCC1C(=O)N1CCN(Cc2cccc(C)c2)CC1. The van der Waals surface area contributed by atoms with Gasteiger partial charge in [0.05, 0.1) is 12.6 Å². The Balaban J connectivity index is 1.53. The molecule has 4 nitrogen and oxygen atoms in total. The highest BCUT2D eigenvalue weighted by Gasteiger charge is 2.32. The maximum atomic E-state index is 12.9. The monoisotopic (exact) mass is 339 g/mol. The molecular formula is C21H29N3O. The second kappa shape index (κ2) is 8.51. The molecule has 2 saturated heterocycles. The number of amides is 1. The van der Waals surface area contributed by atoms with Crippen LogP contribution < -0.4 is 0 Å². The van der Waals surface area contributed by atoms with Crippen molar-refractivity contribution >= 4 is 5.91 Å². The molecular weight excluding hydrogens is 310 g/mol. The second-order valence-corrected chi connectivity index (χ2v) is 7.28. The molecule has 0 aliphatic carbocycles. The van der Waals surface area contributed by atoms with Crippen LogP contribution in [0.25, 0.3) is 0 Å². The van der Waals surface area contributed by atoms with Gasteiger partial charge in [-0.1, -0.05) is 42.2 Å². The summed E-state index contributed by atoms with van der Waals surface area (Å²) >= 11 is 0. The summed E-state index contributed by atoms with van der Waals surface area (Å²) < 4.78 is 0. The number of nitrogens with zero attached hydrogens (tertiary/aromatic N) is 3. The molecule has 0 bridgehead atoms. The summed E-state index contributed by atoms with van der Waals surface area (Å²) in [6.07, 6.45) is 8.71. The third kappa shape index (κ3) is 4.62. The highest BCUT2D eigenvalue weighted by atomic mass is 16.2. The maximum Gasteiger partial charge on any atom is 0.240 e. The minimum atomic E-state index is -0.00637. The van der Waals surface area contributed by atoms with Gasteiger partial charge in [-0.05, 0) is 31.9 Å². The smallest absolute Gasteiger partial charge is 0.240 e. The summed E-state index contributed by atoms with van der Waals surface area (Å²) in [6.45, 7) is 8.18. The molecule has 1 aromatic rings. The number of carbonyl (C=O) groups excluding carboxylic acids is 1. The van der Waals surface area contributed by atoms with Gasteiger partial charge in [0, 0.05) is 32.7 Å². The summed E-state index contributed by atoms with van der Waals surface area (Å²) in [4.78, 5) is 19.6. The van der Waals surface area contributed by atoms with Gasteiger partial charge >= 0.3 is 0 Å². The second-order valence-electron chi connectivity index (χ2n) is 7.28. The molecule has 4 heteroatoms. The summed E-state index contributed by atoms with van der Waals surface area (Å²) in [7, 11) is 0. The lowest BCUT2D eigenvalue weighted by molar-refractivity contribution is -0.139. The Kier molecular flexibility index (Phi) is 6.12. The first-order valence-electron chi connectivity index (χ1n) is 9.41. The normalized spacial score (nSPS) is 22.6. The molecule has 1 atom stereocenters. The summed E-state index contributed by atoms with van der Waals surface area (Å²) in [5, 5.41) is 0. The topological polar surface area (TPSA) is 26.8 Å². The summed E-state index contributed by atoms with van der Waals surface area (Å²) in [5.41, 5.74) is 2.66. The fourth-order valence-electron chi connectivity index (χ4n) is 3.98. The van der Waals surface area contributed by atoms with Crippen LogP contribution in [0.2, 0.25) is 0 Å². The number of aryl methyl sites for hydroxylation is 1. The number of terminal acetylenes is 1. The highest BCUT2D eigenvalue weighted by Crippen LogP contribution is 2.20. The van der Waals surface area contributed by atoms with Gasteiger partial charge < -0.3 is 4.90 Å². The van der Waals surface area contributed by atoms with E-state index in [1.807, 2.05) is 4.90 Å². The Morgan fingerprint density at radius 2 is 2.00 bits per heavy atom. The van der Waals surface area contributed by atoms with E-state index in [9.17, 15) is 4.79 Å². The van der Waals surface area contributed by atoms with E-state index in [-0.39, 0.29) is 11.9 Å². The van der Waals surface area contributed by atoms with Crippen molar-refractivity contribution in [1.29, 1.82) is 0 Å². The molecule has 0 spiro atoms. The van der Waals surface area contributed by atoms with Crippen LogP contribution in [0.15, 0.2) is 24.3 Å². The van der Waals surface area contributed by atoms with Gasteiger partial charge in [-0.2, -0.15) is 0 Å². The molecule has 2 heterocycles. The van der Waals surface area contributed by atoms with E-state index in [1.165, 1.54) is 11.1 Å². The zero-order valence-corrected chi connectivity index (χ0v) is 15.3. The number of piperidine rings is 1. The molecule has 2 aliphatic rings. The van der Waals surface area contributed by atoms with Crippen molar-refractivity contribution in [2.45, 2.75) is 38.8 Å². The van der Waals surface area contributed by atoms with E-state index in [1.54, 1.807) is 0 Å². The van der Waals surface area contributed by atoms with E-state index in [4.69, 9.17) is 6.42 Å². The third-order valence-corrected chi connectivity index (χ3v) is 5.37. The third-order valence-electron chi connectivity index (χ3n) is 5.37. The molecule has 2 aliphatic heterocycles. The van der Waals surface area contributed by atoms with Crippen LogP contribution in [0.5, 0.6) is 0 Å². The predicted molar refractivity (Wildman–Crippen MR) is 101 cm³/mol. The van der Waals surface area contributed by atoms with Crippen LogP contribution in [0.3, 0.4) is 0 Å².